The smallest absolute Gasteiger partial charge is 0.121 e. The van der Waals surface area contributed by atoms with Crippen LogP contribution in [0.4, 0.5) is 0 Å². The molecule has 0 amide bonds. The summed E-state index contributed by atoms with van der Waals surface area (Å²) in [5.41, 5.74) is 2.45. The van der Waals surface area contributed by atoms with Gasteiger partial charge >= 0.3 is 0 Å². The molecule has 0 unspecified atom stereocenters. The normalized spacial score (nSPS) is 14.7. The molecule has 15 heavy (non-hydrogen) atoms. The Balaban J connectivity index is 2.12. The Labute approximate surface area is 90.2 Å². The van der Waals surface area contributed by atoms with E-state index in [1.807, 2.05) is 6.07 Å². The summed E-state index contributed by atoms with van der Waals surface area (Å²) in [6, 6.07) is 6.26. The van der Waals surface area contributed by atoms with E-state index >= 15 is 0 Å². The van der Waals surface area contributed by atoms with E-state index in [0.29, 0.717) is 0 Å². The van der Waals surface area contributed by atoms with Crippen LogP contribution in [0.2, 0.25) is 0 Å². The Kier molecular flexibility index (Phi) is 2.90. The van der Waals surface area contributed by atoms with Gasteiger partial charge in [-0.15, -0.1) is 0 Å². The lowest BCUT2D eigenvalue weighted by Gasteiger charge is -2.07. The zero-order valence-corrected chi connectivity index (χ0v) is 9.21. The highest BCUT2D eigenvalue weighted by atomic mass is 16.5. The average molecular weight is 204 g/mol. The van der Waals surface area contributed by atoms with Crippen LogP contribution in [0.3, 0.4) is 0 Å². The summed E-state index contributed by atoms with van der Waals surface area (Å²) in [7, 11) is 1.70. The van der Waals surface area contributed by atoms with E-state index in [1.165, 1.54) is 11.1 Å². The Morgan fingerprint density at radius 2 is 2.33 bits per heavy atom. The molecule has 0 saturated carbocycles. The molecular weight excluding hydrogens is 188 g/mol. The highest BCUT2D eigenvalue weighted by Gasteiger charge is 2.07. The number of aryl methyl sites for hydroxylation is 1. The van der Waals surface area contributed by atoms with Crippen molar-refractivity contribution in [1.29, 1.82) is 0 Å². The first-order valence-corrected chi connectivity index (χ1v) is 5.20. The second-order valence-corrected chi connectivity index (χ2v) is 3.74. The van der Waals surface area contributed by atoms with Crippen LogP contribution in [0, 0.1) is 6.92 Å². The number of ether oxygens (including phenoxy) is 1. The molecule has 1 aromatic rings. The molecule has 1 heterocycles. The van der Waals surface area contributed by atoms with Crippen LogP contribution in [0.1, 0.15) is 11.1 Å². The van der Waals surface area contributed by atoms with Crippen LogP contribution in [0.25, 0.3) is 0 Å². The van der Waals surface area contributed by atoms with Gasteiger partial charge in [-0.25, -0.2) is 0 Å². The van der Waals surface area contributed by atoms with Gasteiger partial charge in [-0.3, -0.25) is 4.99 Å². The van der Waals surface area contributed by atoms with Crippen LogP contribution < -0.4 is 10.1 Å². The number of hydrogen-bond donors (Lipinski definition) is 1. The van der Waals surface area contributed by atoms with Gasteiger partial charge in [0.1, 0.15) is 11.6 Å². The zero-order chi connectivity index (χ0) is 10.7. The summed E-state index contributed by atoms with van der Waals surface area (Å²) in [6.07, 6.45) is 0.894. The molecule has 0 bridgehead atoms. The molecule has 1 N–H and O–H groups in total. The molecule has 0 aromatic heterocycles. The molecular formula is C12H16N2O. The van der Waals surface area contributed by atoms with Gasteiger partial charge in [0.15, 0.2) is 0 Å². The molecule has 0 aliphatic carbocycles. The molecule has 1 aromatic carbocycles. The van der Waals surface area contributed by atoms with Crippen molar-refractivity contribution in [1.82, 2.24) is 5.32 Å². The topological polar surface area (TPSA) is 33.6 Å². The minimum absolute atomic E-state index is 0.894. The van der Waals surface area contributed by atoms with Crippen LogP contribution in [-0.2, 0) is 6.42 Å². The SMILES string of the molecule is COc1ccc(CC2=NCCN2)cc1C. The number of aliphatic imine (C=N–C) groups is 1. The van der Waals surface area contributed by atoms with Crippen molar-refractivity contribution in [2.45, 2.75) is 13.3 Å². The molecule has 0 radical (unpaired) electrons. The van der Waals surface area contributed by atoms with E-state index in [9.17, 15) is 0 Å². The van der Waals surface area contributed by atoms with Gasteiger partial charge < -0.3 is 10.1 Å². The zero-order valence-electron chi connectivity index (χ0n) is 9.21. The third-order valence-electron chi connectivity index (χ3n) is 2.57. The van der Waals surface area contributed by atoms with Gasteiger partial charge in [-0.2, -0.15) is 0 Å². The molecule has 1 aliphatic heterocycles. The van der Waals surface area contributed by atoms with E-state index in [2.05, 4.69) is 29.4 Å². The predicted molar refractivity (Wildman–Crippen MR) is 61.7 cm³/mol. The fourth-order valence-electron chi connectivity index (χ4n) is 1.81. The van der Waals surface area contributed by atoms with E-state index in [1.54, 1.807) is 7.11 Å². The second-order valence-electron chi connectivity index (χ2n) is 3.74. The van der Waals surface area contributed by atoms with Crippen LogP contribution in [-0.4, -0.2) is 26.0 Å². The minimum Gasteiger partial charge on any atom is -0.496 e. The van der Waals surface area contributed by atoms with Gasteiger partial charge in [0.2, 0.25) is 0 Å². The molecule has 0 saturated heterocycles. The Morgan fingerprint density at radius 3 is 2.93 bits per heavy atom. The minimum atomic E-state index is 0.894. The molecule has 0 spiro atoms. The Morgan fingerprint density at radius 1 is 1.47 bits per heavy atom. The molecule has 3 heteroatoms. The molecule has 80 valence electrons. The number of nitrogens with one attached hydrogen (secondary N) is 1. The van der Waals surface area contributed by atoms with Crippen molar-refractivity contribution in [2.75, 3.05) is 20.2 Å². The fraction of sp³-hybridized carbons (Fsp3) is 0.417. The maximum atomic E-state index is 5.22. The van der Waals surface area contributed by atoms with Crippen LogP contribution in [0.15, 0.2) is 23.2 Å². The predicted octanol–water partition coefficient (Wildman–Crippen LogP) is 1.55. The number of amidine groups is 1. The van der Waals surface area contributed by atoms with Crippen LogP contribution >= 0.6 is 0 Å². The fourth-order valence-corrected chi connectivity index (χ4v) is 1.81. The lowest BCUT2D eigenvalue weighted by atomic mass is 10.1. The Hall–Kier alpha value is -1.51. The standard InChI is InChI=1S/C12H16N2O/c1-9-7-10(3-4-11(9)15-2)8-12-13-5-6-14-12/h3-4,7H,5-6,8H2,1-2H3,(H,13,14). The summed E-state index contributed by atoms with van der Waals surface area (Å²) in [4.78, 5) is 4.38. The maximum absolute atomic E-state index is 5.22. The molecule has 1 aliphatic rings. The number of hydrogen-bond acceptors (Lipinski definition) is 3. The van der Waals surface area contributed by atoms with Gasteiger partial charge in [0.25, 0.3) is 0 Å². The number of nitrogens with zero attached hydrogens (tertiary/aromatic N) is 1. The van der Waals surface area contributed by atoms with E-state index in [4.69, 9.17) is 4.74 Å². The Bertz CT molecular complexity index is 385. The van der Waals surface area contributed by atoms with Crippen molar-refractivity contribution in [3.63, 3.8) is 0 Å². The van der Waals surface area contributed by atoms with E-state index in [0.717, 1.165) is 31.1 Å². The molecule has 0 fully saturated rings. The largest absolute Gasteiger partial charge is 0.496 e. The van der Waals surface area contributed by atoms with Gasteiger partial charge in [0, 0.05) is 13.0 Å². The monoisotopic (exact) mass is 204 g/mol. The van der Waals surface area contributed by atoms with Gasteiger partial charge in [-0.1, -0.05) is 12.1 Å². The highest BCUT2D eigenvalue weighted by Crippen LogP contribution is 2.18. The molecule has 2 rings (SSSR count). The van der Waals surface area contributed by atoms with Crippen molar-refractivity contribution in [3.8, 4) is 5.75 Å². The van der Waals surface area contributed by atoms with E-state index < -0.39 is 0 Å². The summed E-state index contributed by atoms with van der Waals surface area (Å²) in [5, 5.41) is 3.27. The lowest BCUT2D eigenvalue weighted by molar-refractivity contribution is 0.411. The summed E-state index contributed by atoms with van der Waals surface area (Å²) < 4.78 is 5.22. The first kappa shape index (κ1) is 10.0. The van der Waals surface area contributed by atoms with Crippen molar-refractivity contribution < 1.29 is 4.74 Å². The van der Waals surface area contributed by atoms with Gasteiger partial charge in [0.05, 0.1) is 13.7 Å². The summed E-state index contributed by atoms with van der Waals surface area (Å²) in [5.74, 6) is 2.04. The lowest BCUT2D eigenvalue weighted by Crippen LogP contribution is -2.20. The van der Waals surface area contributed by atoms with Crippen molar-refractivity contribution in [2.24, 2.45) is 4.99 Å². The second kappa shape index (κ2) is 4.34. The quantitative estimate of drug-likeness (QED) is 0.810. The maximum Gasteiger partial charge on any atom is 0.121 e. The van der Waals surface area contributed by atoms with Gasteiger partial charge in [-0.05, 0) is 24.1 Å². The number of benzene rings is 1. The average Bonchev–Trinajstić information content (AvgIpc) is 2.71. The highest BCUT2D eigenvalue weighted by molar-refractivity contribution is 5.85. The van der Waals surface area contributed by atoms with Crippen LogP contribution in [0.5, 0.6) is 5.75 Å². The summed E-state index contributed by atoms with van der Waals surface area (Å²) >= 11 is 0. The summed E-state index contributed by atoms with van der Waals surface area (Å²) in [6.45, 7) is 3.95. The number of methoxy groups -OCH3 is 1. The van der Waals surface area contributed by atoms with E-state index in [-0.39, 0.29) is 0 Å². The molecule has 3 nitrogen and oxygen atoms in total. The number of rotatable bonds is 3. The van der Waals surface area contributed by atoms with Crippen molar-refractivity contribution in [3.05, 3.63) is 29.3 Å². The molecule has 0 atom stereocenters. The third kappa shape index (κ3) is 2.29. The van der Waals surface area contributed by atoms with Crippen molar-refractivity contribution >= 4 is 5.84 Å². The first-order valence-electron chi connectivity index (χ1n) is 5.20. The first-order chi connectivity index (χ1) is 7.29. The third-order valence-corrected chi connectivity index (χ3v) is 2.57.